The van der Waals surface area contributed by atoms with E-state index in [9.17, 15) is 0 Å². The Balaban J connectivity index is 1.67. The summed E-state index contributed by atoms with van der Waals surface area (Å²) in [6.07, 6.45) is 1.41. The molecule has 0 fully saturated rings. The number of rotatable bonds is 2. The van der Waals surface area contributed by atoms with Gasteiger partial charge in [-0.3, -0.25) is 0 Å². The number of nitrogens with zero attached hydrogens (tertiary/aromatic N) is 4. The van der Waals surface area contributed by atoms with Crippen molar-refractivity contribution < 1.29 is 0 Å². The normalized spacial score (nSPS) is 20.7. The van der Waals surface area contributed by atoms with Crippen LogP contribution in [0.5, 0.6) is 0 Å². The zero-order chi connectivity index (χ0) is 13.2. The van der Waals surface area contributed by atoms with Gasteiger partial charge >= 0.3 is 0 Å². The standard InChI is InChI=1S/C12H10ClN5S/c13-8-3-1-7(2-4-8)5-19-12-17-9-10(14)15-6-16-11(9)18-12/h1-4,6,9H,5H2,(H2,14,15,16,17,18). The average Bonchev–Trinajstić information content (AvgIpc) is 2.83. The van der Waals surface area contributed by atoms with Crippen LogP contribution in [0.25, 0.3) is 0 Å². The first-order valence-corrected chi connectivity index (χ1v) is 6.98. The van der Waals surface area contributed by atoms with E-state index in [0.717, 1.165) is 16.3 Å². The van der Waals surface area contributed by atoms with E-state index in [1.165, 1.54) is 6.34 Å². The van der Waals surface area contributed by atoms with Gasteiger partial charge in [0.1, 0.15) is 12.2 Å². The van der Waals surface area contributed by atoms with Crippen LogP contribution in [0.1, 0.15) is 5.56 Å². The van der Waals surface area contributed by atoms with E-state index in [2.05, 4.69) is 20.0 Å². The first-order chi connectivity index (χ1) is 9.22. The number of nitrogens with two attached hydrogens (primary N) is 1. The van der Waals surface area contributed by atoms with Gasteiger partial charge in [0.05, 0.1) is 0 Å². The predicted molar refractivity (Wildman–Crippen MR) is 81.5 cm³/mol. The smallest absolute Gasteiger partial charge is 0.186 e. The lowest BCUT2D eigenvalue weighted by Gasteiger charge is -2.08. The van der Waals surface area contributed by atoms with Gasteiger partial charge in [0.25, 0.3) is 0 Å². The Morgan fingerprint density at radius 2 is 2.05 bits per heavy atom. The van der Waals surface area contributed by atoms with Gasteiger partial charge in [-0.25, -0.2) is 20.0 Å². The summed E-state index contributed by atoms with van der Waals surface area (Å²) >= 11 is 7.39. The van der Waals surface area contributed by atoms with Crippen molar-refractivity contribution in [2.45, 2.75) is 11.8 Å². The second-order valence-corrected chi connectivity index (χ2v) is 5.38. The third kappa shape index (κ3) is 2.69. The summed E-state index contributed by atoms with van der Waals surface area (Å²) in [5, 5.41) is 1.42. The molecule has 1 aromatic rings. The Labute approximate surface area is 119 Å². The Kier molecular flexibility index (Phi) is 3.35. The number of fused-ring (bicyclic) bond motifs is 1. The molecule has 0 spiro atoms. The topological polar surface area (TPSA) is 75.5 Å². The fraction of sp³-hybridized carbons (Fsp3) is 0.167. The molecule has 2 heterocycles. The van der Waals surface area contributed by atoms with Crippen LogP contribution in [0.2, 0.25) is 5.02 Å². The molecule has 2 aliphatic rings. The number of halogens is 1. The van der Waals surface area contributed by atoms with Crippen LogP contribution < -0.4 is 5.73 Å². The zero-order valence-corrected chi connectivity index (χ0v) is 11.4. The van der Waals surface area contributed by atoms with Crippen LogP contribution >= 0.6 is 23.4 Å². The van der Waals surface area contributed by atoms with E-state index in [0.29, 0.717) is 16.8 Å². The van der Waals surface area contributed by atoms with Gasteiger partial charge in [-0.05, 0) is 17.7 Å². The van der Waals surface area contributed by atoms with E-state index < -0.39 is 0 Å². The second kappa shape index (κ2) is 5.14. The highest BCUT2D eigenvalue weighted by Crippen LogP contribution is 2.22. The van der Waals surface area contributed by atoms with Crippen molar-refractivity contribution in [3.8, 4) is 0 Å². The van der Waals surface area contributed by atoms with Gasteiger partial charge in [-0.1, -0.05) is 35.5 Å². The molecule has 0 radical (unpaired) electrons. The molecule has 0 aliphatic carbocycles. The number of hydrogen-bond donors (Lipinski definition) is 1. The molecule has 1 atom stereocenters. The van der Waals surface area contributed by atoms with E-state index in [1.807, 2.05) is 24.3 Å². The molecule has 1 aromatic carbocycles. The van der Waals surface area contributed by atoms with Crippen molar-refractivity contribution >= 4 is 46.5 Å². The first kappa shape index (κ1) is 12.4. The number of aliphatic imine (C=N–C) groups is 4. The third-order valence-corrected chi connectivity index (χ3v) is 3.84. The summed E-state index contributed by atoms with van der Waals surface area (Å²) in [5.74, 6) is 1.84. The van der Waals surface area contributed by atoms with Crippen molar-refractivity contribution in [2.75, 3.05) is 0 Å². The average molecular weight is 292 g/mol. The molecule has 0 aromatic heterocycles. The number of hydrogen-bond acceptors (Lipinski definition) is 6. The summed E-state index contributed by atoms with van der Waals surface area (Å²) < 4.78 is 0. The minimum absolute atomic E-state index is 0.308. The number of thioether (sulfide) groups is 1. The fourth-order valence-corrected chi connectivity index (χ4v) is 2.63. The Bertz CT molecular complexity index is 618. The molecular weight excluding hydrogens is 282 g/mol. The van der Waals surface area contributed by atoms with E-state index >= 15 is 0 Å². The van der Waals surface area contributed by atoms with Crippen LogP contribution in [0.15, 0.2) is 44.2 Å². The molecule has 5 nitrogen and oxygen atoms in total. The van der Waals surface area contributed by atoms with Crippen LogP contribution in [-0.4, -0.2) is 29.2 Å². The van der Waals surface area contributed by atoms with Crippen molar-refractivity contribution in [3.63, 3.8) is 0 Å². The van der Waals surface area contributed by atoms with Crippen LogP contribution in [0, 0.1) is 0 Å². The summed E-state index contributed by atoms with van der Waals surface area (Å²) in [5.41, 5.74) is 6.92. The minimum Gasteiger partial charge on any atom is -0.385 e. The lowest BCUT2D eigenvalue weighted by Crippen LogP contribution is -2.34. The maximum Gasteiger partial charge on any atom is 0.186 e. The van der Waals surface area contributed by atoms with Crippen molar-refractivity contribution in [1.82, 2.24) is 0 Å². The molecule has 19 heavy (non-hydrogen) atoms. The SMILES string of the molecule is NC1=NC=NC2=NC(SCc3ccc(Cl)cc3)=NC12. The van der Waals surface area contributed by atoms with Gasteiger partial charge in [0.15, 0.2) is 17.0 Å². The zero-order valence-electron chi connectivity index (χ0n) is 9.82. The lowest BCUT2D eigenvalue weighted by molar-refractivity contribution is 1.12. The highest BCUT2D eigenvalue weighted by Gasteiger charge is 2.27. The lowest BCUT2D eigenvalue weighted by atomic mass is 10.2. The van der Waals surface area contributed by atoms with Crippen molar-refractivity contribution in [2.24, 2.45) is 25.7 Å². The highest BCUT2D eigenvalue weighted by molar-refractivity contribution is 8.13. The molecule has 1 unspecified atom stereocenters. The maximum atomic E-state index is 5.84. The largest absolute Gasteiger partial charge is 0.385 e. The minimum atomic E-state index is -0.308. The van der Waals surface area contributed by atoms with Crippen molar-refractivity contribution in [3.05, 3.63) is 34.9 Å². The Morgan fingerprint density at radius 3 is 2.79 bits per heavy atom. The van der Waals surface area contributed by atoms with Gasteiger partial charge in [0.2, 0.25) is 0 Å². The quantitative estimate of drug-likeness (QED) is 0.906. The van der Waals surface area contributed by atoms with E-state index in [1.54, 1.807) is 11.8 Å². The summed E-state index contributed by atoms with van der Waals surface area (Å²) in [4.78, 5) is 16.7. The van der Waals surface area contributed by atoms with E-state index in [-0.39, 0.29) is 6.04 Å². The molecule has 0 saturated heterocycles. The molecule has 7 heteroatoms. The van der Waals surface area contributed by atoms with Gasteiger partial charge in [-0.15, -0.1) is 0 Å². The third-order valence-electron chi connectivity index (χ3n) is 2.65. The van der Waals surface area contributed by atoms with Crippen LogP contribution in [0.3, 0.4) is 0 Å². The Morgan fingerprint density at radius 1 is 1.26 bits per heavy atom. The second-order valence-electron chi connectivity index (χ2n) is 4.00. The summed E-state index contributed by atoms with van der Waals surface area (Å²) in [7, 11) is 0. The monoisotopic (exact) mass is 291 g/mol. The number of amidine groups is 3. The number of benzene rings is 1. The molecular formula is C12H10ClN5S. The fourth-order valence-electron chi connectivity index (χ4n) is 1.68. The molecule has 3 rings (SSSR count). The maximum absolute atomic E-state index is 5.84. The van der Waals surface area contributed by atoms with E-state index in [4.69, 9.17) is 17.3 Å². The molecule has 0 saturated carbocycles. The highest BCUT2D eigenvalue weighted by atomic mass is 35.5. The molecule has 96 valence electrons. The van der Waals surface area contributed by atoms with Gasteiger partial charge in [0, 0.05) is 10.8 Å². The Hall–Kier alpha value is -1.66. The first-order valence-electron chi connectivity index (χ1n) is 5.62. The summed E-state index contributed by atoms with van der Waals surface area (Å²) in [6, 6.07) is 7.40. The van der Waals surface area contributed by atoms with Crippen molar-refractivity contribution in [1.29, 1.82) is 0 Å². The van der Waals surface area contributed by atoms with Gasteiger partial charge < -0.3 is 5.73 Å². The van der Waals surface area contributed by atoms with Gasteiger partial charge in [-0.2, -0.15) is 0 Å². The van der Waals surface area contributed by atoms with Crippen LogP contribution in [-0.2, 0) is 5.75 Å². The molecule has 0 bridgehead atoms. The predicted octanol–water partition coefficient (Wildman–Crippen LogP) is 2.11. The van der Waals surface area contributed by atoms with Crippen LogP contribution in [0.4, 0.5) is 0 Å². The molecule has 0 amide bonds. The molecule has 2 N–H and O–H groups in total. The molecule has 2 aliphatic heterocycles. The summed E-state index contributed by atoms with van der Waals surface area (Å²) in [6.45, 7) is 0.